The number of carbonyl (C=O) groups excluding carboxylic acids is 1. The fourth-order valence-corrected chi connectivity index (χ4v) is 1.63. The van der Waals surface area contributed by atoms with Crippen molar-refractivity contribution in [3.63, 3.8) is 0 Å². The SMILES string of the molecule is O=C=C1C(CO)NC2CC12. The first-order valence-electron chi connectivity index (χ1n) is 3.48. The van der Waals surface area contributed by atoms with Crippen LogP contribution >= 0.6 is 0 Å². The van der Waals surface area contributed by atoms with E-state index in [0.717, 1.165) is 12.0 Å². The molecule has 0 amide bonds. The van der Waals surface area contributed by atoms with E-state index in [-0.39, 0.29) is 12.6 Å². The topological polar surface area (TPSA) is 49.3 Å². The number of aliphatic hydroxyl groups excluding tert-OH is 1. The largest absolute Gasteiger partial charge is 0.394 e. The Labute approximate surface area is 58.7 Å². The van der Waals surface area contributed by atoms with Gasteiger partial charge in [-0.05, 0) is 6.42 Å². The first-order valence-corrected chi connectivity index (χ1v) is 3.48. The number of nitrogens with one attached hydrogen (secondary N) is 1. The molecule has 0 radical (unpaired) electrons. The van der Waals surface area contributed by atoms with Crippen LogP contribution < -0.4 is 5.32 Å². The van der Waals surface area contributed by atoms with Crippen molar-refractivity contribution in [1.82, 2.24) is 5.32 Å². The highest BCUT2D eigenvalue weighted by Gasteiger charge is 2.50. The van der Waals surface area contributed by atoms with Gasteiger partial charge in [-0.3, -0.25) is 0 Å². The van der Waals surface area contributed by atoms with Crippen molar-refractivity contribution in [3.05, 3.63) is 5.57 Å². The number of rotatable bonds is 1. The average molecular weight is 139 g/mol. The Hall–Kier alpha value is -0.630. The van der Waals surface area contributed by atoms with Gasteiger partial charge in [0.1, 0.15) is 5.94 Å². The zero-order valence-corrected chi connectivity index (χ0v) is 5.50. The first-order chi connectivity index (χ1) is 4.86. The predicted octanol–water partition coefficient (Wildman–Crippen LogP) is -0.903. The van der Waals surface area contributed by atoms with Crippen LogP contribution in [-0.2, 0) is 4.79 Å². The van der Waals surface area contributed by atoms with Gasteiger partial charge in [0.2, 0.25) is 0 Å². The molecule has 54 valence electrons. The average Bonchev–Trinajstić information content (AvgIpc) is 2.63. The number of hydrogen-bond acceptors (Lipinski definition) is 3. The standard InChI is InChI=1S/C7H9NO2/c9-2-5-4-1-6(4)8-7(5)3-10/h4,6-8,10H,1,3H2. The fraction of sp³-hybridized carbons (Fsp3) is 0.714. The maximum Gasteiger partial charge on any atom is 0.125 e. The quantitative estimate of drug-likeness (QED) is 0.463. The molecule has 3 nitrogen and oxygen atoms in total. The number of piperidine rings is 1. The van der Waals surface area contributed by atoms with Crippen molar-refractivity contribution < 1.29 is 9.90 Å². The first kappa shape index (κ1) is 6.10. The van der Waals surface area contributed by atoms with E-state index in [1.54, 1.807) is 0 Å². The summed E-state index contributed by atoms with van der Waals surface area (Å²) in [6.45, 7) is 0.0254. The lowest BCUT2D eigenvalue weighted by Gasteiger charge is -2.08. The summed E-state index contributed by atoms with van der Waals surface area (Å²) >= 11 is 0. The van der Waals surface area contributed by atoms with Crippen LogP contribution in [-0.4, -0.2) is 29.7 Å². The lowest BCUT2D eigenvalue weighted by atomic mass is 10.1. The summed E-state index contributed by atoms with van der Waals surface area (Å²) in [6.07, 6.45) is 1.06. The van der Waals surface area contributed by atoms with Crippen LogP contribution in [0.3, 0.4) is 0 Å². The minimum atomic E-state index is -0.0961. The van der Waals surface area contributed by atoms with Crippen molar-refractivity contribution in [2.75, 3.05) is 6.61 Å². The number of fused-ring (bicyclic) bond motifs is 1. The van der Waals surface area contributed by atoms with Gasteiger partial charge in [0.25, 0.3) is 0 Å². The Morgan fingerprint density at radius 3 is 3.10 bits per heavy atom. The van der Waals surface area contributed by atoms with Crippen molar-refractivity contribution in [1.29, 1.82) is 0 Å². The van der Waals surface area contributed by atoms with Crippen LogP contribution in [0.2, 0.25) is 0 Å². The Kier molecular flexibility index (Phi) is 1.17. The van der Waals surface area contributed by atoms with Crippen LogP contribution in [0, 0.1) is 5.92 Å². The molecule has 10 heavy (non-hydrogen) atoms. The van der Waals surface area contributed by atoms with Gasteiger partial charge in [0.05, 0.1) is 12.6 Å². The molecule has 2 fully saturated rings. The van der Waals surface area contributed by atoms with Crippen molar-refractivity contribution in [2.24, 2.45) is 5.92 Å². The van der Waals surface area contributed by atoms with Gasteiger partial charge in [-0.15, -0.1) is 0 Å². The maximum atomic E-state index is 10.3. The highest BCUT2D eigenvalue weighted by Crippen LogP contribution is 2.43. The van der Waals surface area contributed by atoms with Gasteiger partial charge in [-0.25, -0.2) is 4.79 Å². The summed E-state index contributed by atoms with van der Waals surface area (Å²) in [5, 5.41) is 11.9. The molecule has 3 heteroatoms. The molecular formula is C7H9NO2. The molecule has 0 aromatic carbocycles. The maximum absolute atomic E-state index is 10.3. The smallest absolute Gasteiger partial charge is 0.125 e. The second kappa shape index (κ2) is 1.92. The fourth-order valence-electron chi connectivity index (χ4n) is 1.63. The molecular weight excluding hydrogens is 130 g/mol. The summed E-state index contributed by atoms with van der Waals surface area (Å²) in [5.41, 5.74) is 0.743. The molecule has 3 atom stereocenters. The molecule has 2 rings (SSSR count). The molecule has 1 saturated heterocycles. The zero-order chi connectivity index (χ0) is 7.14. The summed E-state index contributed by atoms with van der Waals surface area (Å²) in [7, 11) is 0. The minimum Gasteiger partial charge on any atom is -0.394 e. The van der Waals surface area contributed by atoms with Gasteiger partial charge in [-0.1, -0.05) is 0 Å². The van der Waals surface area contributed by atoms with E-state index in [1.165, 1.54) is 0 Å². The number of hydrogen-bond donors (Lipinski definition) is 2. The van der Waals surface area contributed by atoms with Gasteiger partial charge >= 0.3 is 0 Å². The van der Waals surface area contributed by atoms with Crippen molar-refractivity contribution >= 4 is 5.94 Å². The summed E-state index contributed by atoms with van der Waals surface area (Å²) in [5.74, 6) is 2.30. The van der Waals surface area contributed by atoms with Gasteiger partial charge < -0.3 is 10.4 Å². The second-order valence-electron chi connectivity index (χ2n) is 2.91. The van der Waals surface area contributed by atoms with Crippen LogP contribution in [0.5, 0.6) is 0 Å². The lowest BCUT2D eigenvalue weighted by Crippen LogP contribution is -2.30. The molecule has 0 bridgehead atoms. The van der Waals surface area contributed by atoms with E-state index in [2.05, 4.69) is 5.32 Å². The van der Waals surface area contributed by atoms with Crippen molar-refractivity contribution in [2.45, 2.75) is 18.5 Å². The molecule has 2 aliphatic rings. The number of aliphatic hydroxyl groups is 1. The van der Waals surface area contributed by atoms with E-state index < -0.39 is 0 Å². The van der Waals surface area contributed by atoms with E-state index >= 15 is 0 Å². The molecule has 0 aromatic heterocycles. The third-order valence-electron chi connectivity index (χ3n) is 2.28. The van der Waals surface area contributed by atoms with Gasteiger partial charge in [0.15, 0.2) is 0 Å². The molecule has 3 unspecified atom stereocenters. The second-order valence-corrected chi connectivity index (χ2v) is 2.91. The Morgan fingerprint density at radius 2 is 2.60 bits per heavy atom. The monoisotopic (exact) mass is 139 g/mol. The van der Waals surface area contributed by atoms with Crippen LogP contribution in [0.4, 0.5) is 0 Å². The Balaban J connectivity index is 2.20. The molecule has 0 spiro atoms. The molecule has 0 aromatic rings. The van der Waals surface area contributed by atoms with Gasteiger partial charge in [-0.2, -0.15) is 0 Å². The minimum absolute atomic E-state index is 0.0254. The zero-order valence-electron chi connectivity index (χ0n) is 5.50. The highest BCUT2D eigenvalue weighted by atomic mass is 16.3. The van der Waals surface area contributed by atoms with Crippen LogP contribution in [0.25, 0.3) is 0 Å². The molecule has 2 N–H and O–H groups in total. The van der Waals surface area contributed by atoms with E-state index in [4.69, 9.17) is 5.11 Å². The lowest BCUT2D eigenvalue weighted by molar-refractivity contribution is 0.265. The highest BCUT2D eigenvalue weighted by molar-refractivity contribution is 5.59. The molecule has 1 heterocycles. The van der Waals surface area contributed by atoms with Crippen molar-refractivity contribution in [3.8, 4) is 0 Å². The summed E-state index contributed by atoms with van der Waals surface area (Å²) in [4.78, 5) is 10.3. The summed E-state index contributed by atoms with van der Waals surface area (Å²) in [6, 6.07) is 0.370. The van der Waals surface area contributed by atoms with Crippen LogP contribution in [0.15, 0.2) is 5.57 Å². The Bertz CT molecular complexity index is 208. The van der Waals surface area contributed by atoms with Crippen LogP contribution in [0.1, 0.15) is 6.42 Å². The molecule has 1 aliphatic carbocycles. The molecule has 1 saturated carbocycles. The van der Waals surface area contributed by atoms with E-state index in [1.807, 2.05) is 5.94 Å². The predicted molar refractivity (Wildman–Crippen MR) is 35.1 cm³/mol. The molecule has 1 aliphatic heterocycles. The van der Waals surface area contributed by atoms with E-state index in [0.29, 0.717) is 12.0 Å². The Morgan fingerprint density at radius 1 is 1.80 bits per heavy atom. The van der Waals surface area contributed by atoms with Gasteiger partial charge in [0, 0.05) is 17.5 Å². The third kappa shape index (κ3) is 0.655. The normalized spacial score (nSPS) is 42.9. The van der Waals surface area contributed by atoms with E-state index in [9.17, 15) is 4.79 Å². The third-order valence-corrected chi connectivity index (χ3v) is 2.28. The summed E-state index contributed by atoms with van der Waals surface area (Å²) < 4.78 is 0.